The maximum Gasteiger partial charge on any atom is 0.323 e. The van der Waals surface area contributed by atoms with E-state index in [1.807, 2.05) is 6.92 Å². The van der Waals surface area contributed by atoms with Crippen LogP contribution in [0.2, 0.25) is 0 Å². The van der Waals surface area contributed by atoms with Crippen molar-refractivity contribution in [3.8, 4) is 5.75 Å². The van der Waals surface area contributed by atoms with Gasteiger partial charge in [0.2, 0.25) is 5.91 Å². The average molecular weight is 322 g/mol. The Morgan fingerprint density at radius 2 is 1.91 bits per heavy atom. The number of amides is 2. The van der Waals surface area contributed by atoms with Gasteiger partial charge in [-0.1, -0.05) is 12.1 Å². The van der Waals surface area contributed by atoms with Crippen molar-refractivity contribution in [3.05, 3.63) is 29.8 Å². The summed E-state index contributed by atoms with van der Waals surface area (Å²) in [4.78, 5) is 36.3. The van der Waals surface area contributed by atoms with Crippen molar-refractivity contribution >= 4 is 17.8 Å². The Morgan fingerprint density at radius 1 is 1.26 bits per heavy atom. The fourth-order valence-electron chi connectivity index (χ4n) is 1.99. The van der Waals surface area contributed by atoms with Gasteiger partial charge in [-0.05, 0) is 32.9 Å². The number of carbonyl (C=O) groups excluding carboxylic acids is 2. The van der Waals surface area contributed by atoms with Gasteiger partial charge in [-0.15, -0.1) is 0 Å². The van der Waals surface area contributed by atoms with Gasteiger partial charge in [-0.2, -0.15) is 0 Å². The second kappa shape index (κ2) is 8.77. The van der Waals surface area contributed by atoms with Crippen LogP contribution >= 0.6 is 0 Å². The van der Waals surface area contributed by atoms with Crippen molar-refractivity contribution < 1.29 is 24.2 Å². The van der Waals surface area contributed by atoms with Crippen molar-refractivity contribution in [1.29, 1.82) is 0 Å². The predicted octanol–water partition coefficient (Wildman–Crippen LogP) is 1.14. The van der Waals surface area contributed by atoms with Crippen LogP contribution in [-0.2, 0) is 9.59 Å². The minimum Gasteiger partial charge on any atom is -0.493 e. The third kappa shape index (κ3) is 5.61. The highest BCUT2D eigenvalue weighted by atomic mass is 16.5. The standard InChI is InChI=1S/C16H22N2O5/c1-4-23-13-8-6-5-7-12(13)16(22)17-9-14(19)18(11(2)3)10-15(20)21/h5-8,11H,4,9-10H2,1-3H3,(H,17,22)(H,20,21). The molecule has 0 unspecified atom stereocenters. The average Bonchev–Trinajstić information content (AvgIpc) is 2.50. The van der Waals surface area contributed by atoms with Gasteiger partial charge in [-0.25, -0.2) is 0 Å². The van der Waals surface area contributed by atoms with Gasteiger partial charge in [0.15, 0.2) is 0 Å². The molecular weight excluding hydrogens is 300 g/mol. The highest BCUT2D eigenvalue weighted by molar-refractivity contribution is 5.99. The van der Waals surface area contributed by atoms with Crippen LogP contribution in [-0.4, -0.2) is 53.5 Å². The predicted molar refractivity (Wildman–Crippen MR) is 84.4 cm³/mol. The second-order valence-electron chi connectivity index (χ2n) is 5.12. The van der Waals surface area contributed by atoms with Gasteiger partial charge >= 0.3 is 5.97 Å². The molecule has 7 heteroatoms. The van der Waals surface area contributed by atoms with Crippen molar-refractivity contribution in [2.45, 2.75) is 26.8 Å². The third-order valence-corrected chi connectivity index (χ3v) is 3.08. The summed E-state index contributed by atoms with van der Waals surface area (Å²) < 4.78 is 5.37. The lowest BCUT2D eigenvalue weighted by Gasteiger charge is -2.25. The maximum absolute atomic E-state index is 12.2. The minimum absolute atomic E-state index is 0.272. The summed E-state index contributed by atoms with van der Waals surface area (Å²) in [6, 6.07) is 6.45. The molecule has 7 nitrogen and oxygen atoms in total. The lowest BCUT2D eigenvalue weighted by molar-refractivity contribution is -0.145. The smallest absolute Gasteiger partial charge is 0.323 e. The van der Waals surface area contributed by atoms with Gasteiger partial charge in [-0.3, -0.25) is 14.4 Å². The number of hydrogen-bond acceptors (Lipinski definition) is 4. The number of benzene rings is 1. The SMILES string of the molecule is CCOc1ccccc1C(=O)NCC(=O)N(CC(=O)O)C(C)C. The first-order valence-corrected chi connectivity index (χ1v) is 7.38. The Kier molecular flexibility index (Phi) is 7.05. The summed E-state index contributed by atoms with van der Waals surface area (Å²) in [6.07, 6.45) is 0. The number of ether oxygens (including phenoxy) is 1. The van der Waals surface area contributed by atoms with E-state index in [1.165, 1.54) is 4.90 Å². The molecule has 0 saturated carbocycles. The molecule has 0 aliphatic rings. The highest BCUT2D eigenvalue weighted by Gasteiger charge is 2.21. The Morgan fingerprint density at radius 3 is 2.48 bits per heavy atom. The molecule has 23 heavy (non-hydrogen) atoms. The van der Waals surface area contributed by atoms with E-state index in [4.69, 9.17) is 9.84 Å². The fourth-order valence-corrected chi connectivity index (χ4v) is 1.99. The quantitative estimate of drug-likeness (QED) is 0.748. The zero-order valence-electron chi connectivity index (χ0n) is 13.5. The first kappa shape index (κ1) is 18.5. The van der Waals surface area contributed by atoms with E-state index < -0.39 is 24.3 Å². The van der Waals surface area contributed by atoms with E-state index in [2.05, 4.69) is 5.32 Å². The van der Waals surface area contributed by atoms with Gasteiger partial charge in [0.05, 0.1) is 18.7 Å². The number of nitrogens with one attached hydrogen (secondary N) is 1. The number of nitrogens with zero attached hydrogens (tertiary/aromatic N) is 1. The fraction of sp³-hybridized carbons (Fsp3) is 0.438. The van der Waals surface area contributed by atoms with E-state index in [0.29, 0.717) is 17.9 Å². The van der Waals surface area contributed by atoms with Crippen LogP contribution < -0.4 is 10.1 Å². The molecule has 2 amide bonds. The summed E-state index contributed by atoms with van der Waals surface area (Å²) in [7, 11) is 0. The van der Waals surface area contributed by atoms with Crippen LogP contribution in [0.25, 0.3) is 0 Å². The van der Waals surface area contributed by atoms with Crippen molar-refractivity contribution in [2.75, 3.05) is 19.7 Å². The van der Waals surface area contributed by atoms with Crippen molar-refractivity contribution in [1.82, 2.24) is 10.2 Å². The van der Waals surface area contributed by atoms with Crippen LogP contribution in [0.1, 0.15) is 31.1 Å². The van der Waals surface area contributed by atoms with Crippen LogP contribution in [0, 0.1) is 0 Å². The van der Waals surface area contributed by atoms with Crippen molar-refractivity contribution in [3.63, 3.8) is 0 Å². The molecule has 1 rings (SSSR count). The molecule has 0 aliphatic carbocycles. The molecule has 0 bridgehead atoms. The Bertz CT molecular complexity index is 571. The Hall–Kier alpha value is -2.57. The number of para-hydroxylation sites is 1. The normalized spacial score (nSPS) is 10.3. The molecule has 0 spiro atoms. The maximum atomic E-state index is 12.2. The third-order valence-electron chi connectivity index (χ3n) is 3.08. The Labute approximate surface area is 135 Å². The molecule has 0 radical (unpaired) electrons. The van der Waals surface area contributed by atoms with Gasteiger partial charge in [0, 0.05) is 6.04 Å². The molecule has 0 aromatic heterocycles. The summed E-state index contributed by atoms with van der Waals surface area (Å²) in [5.74, 6) is -1.56. The minimum atomic E-state index is -1.10. The molecule has 0 fully saturated rings. The molecule has 1 aromatic rings. The Balaban J connectivity index is 2.71. The molecule has 0 heterocycles. The molecule has 1 aromatic carbocycles. The number of carboxylic acid groups (broad SMARTS) is 1. The van der Waals surface area contributed by atoms with Gasteiger partial charge in [0.1, 0.15) is 12.3 Å². The first-order chi connectivity index (χ1) is 10.9. The van der Waals surface area contributed by atoms with Crippen LogP contribution in [0.3, 0.4) is 0 Å². The van der Waals surface area contributed by atoms with Crippen molar-refractivity contribution in [2.24, 2.45) is 0 Å². The number of carboxylic acids is 1. The monoisotopic (exact) mass is 322 g/mol. The van der Waals surface area contributed by atoms with Gasteiger partial charge < -0.3 is 20.1 Å². The van der Waals surface area contributed by atoms with E-state index >= 15 is 0 Å². The number of rotatable bonds is 8. The highest BCUT2D eigenvalue weighted by Crippen LogP contribution is 2.17. The molecule has 0 aliphatic heterocycles. The second-order valence-corrected chi connectivity index (χ2v) is 5.12. The summed E-state index contributed by atoms with van der Waals surface area (Å²) >= 11 is 0. The van der Waals surface area contributed by atoms with Crippen LogP contribution in [0.5, 0.6) is 5.75 Å². The summed E-state index contributed by atoms with van der Waals surface area (Å²) in [6.45, 7) is 4.99. The van der Waals surface area contributed by atoms with Crippen LogP contribution in [0.4, 0.5) is 0 Å². The molecular formula is C16H22N2O5. The largest absolute Gasteiger partial charge is 0.493 e. The summed E-state index contributed by atoms with van der Waals surface area (Å²) in [5, 5.41) is 11.3. The van der Waals surface area contributed by atoms with E-state index in [-0.39, 0.29) is 12.6 Å². The molecule has 0 atom stereocenters. The zero-order valence-corrected chi connectivity index (χ0v) is 13.5. The molecule has 2 N–H and O–H groups in total. The molecule has 0 saturated heterocycles. The number of carbonyl (C=O) groups is 3. The lowest BCUT2D eigenvalue weighted by atomic mass is 10.2. The number of hydrogen-bond donors (Lipinski definition) is 2. The molecule has 126 valence electrons. The zero-order chi connectivity index (χ0) is 17.4. The number of aliphatic carboxylic acids is 1. The van der Waals surface area contributed by atoms with E-state index in [1.54, 1.807) is 38.1 Å². The van der Waals surface area contributed by atoms with E-state index in [9.17, 15) is 14.4 Å². The topological polar surface area (TPSA) is 95.9 Å². The van der Waals surface area contributed by atoms with Crippen LogP contribution in [0.15, 0.2) is 24.3 Å². The van der Waals surface area contributed by atoms with E-state index in [0.717, 1.165) is 0 Å². The van der Waals surface area contributed by atoms with Gasteiger partial charge in [0.25, 0.3) is 5.91 Å². The first-order valence-electron chi connectivity index (χ1n) is 7.38. The summed E-state index contributed by atoms with van der Waals surface area (Å²) in [5.41, 5.74) is 0.330. The lowest BCUT2D eigenvalue weighted by Crippen LogP contribution is -2.45.